The summed E-state index contributed by atoms with van der Waals surface area (Å²) < 4.78 is 0. The van der Waals surface area contributed by atoms with Crippen molar-refractivity contribution < 1.29 is 29.1 Å². The Morgan fingerprint density at radius 2 is 1.13 bits per heavy atom. The van der Waals surface area contributed by atoms with E-state index < -0.39 is 4.81 Å². The Hall–Kier alpha value is -0.958. The number of primary amides is 1. The van der Waals surface area contributed by atoms with Crippen LogP contribution >= 0.6 is 0 Å². The maximum absolute atomic E-state index is 11.6. The molecule has 0 aliphatic carbocycles. The van der Waals surface area contributed by atoms with Crippen molar-refractivity contribution in [3.63, 3.8) is 0 Å². The van der Waals surface area contributed by atoms with Crippen LogP contribution in [0.3, 0.4) is 0 Å². The van der Waals surface area contributed by atoms with E-state index in [-0.39, 0.29) is 24.3 Å². The van der Waals surface area contributed by atoms with Crippen molar-refractivity contribution in [1.29, 1.82) is 0 Å². The number of nitrogens with zero attached hydrogens (tertiary/aromatic N) is 1. The van der Waals surface area contributed by atoms with Crippen molar-refractivity contribution in [1.82, 2.24) is 4.90 Å². The van der Waals surface area contributed by atoms with Crippen molar-refractivity contribution >= 4 is 41.6 Å². The molecular weight excluding hydrogens is 475 g/mol. The minimum atomic E-state index is -0.458. The van der Waals surface area contributed by atoms with Crippen molar-refractivity contribution in [2.75, 3.05) is 0 Å². The summed E-state index contributed by atoms with van der Waals surface area (Å²) in [6, 6.07) is 20.0. The first-order chi connectivity index (χ1) is 10.5. The average Bonchev–Trinajstić information content (AvgIpc) is 2.48. The summed E-state index contributed by atoms with van der Waals surface area (Å²) in [6.45, 7) is 1.25. The van der Waals surface area contributed by atoms with Crippen LogP contribution in [0.5, 0.6) is 0 Å². The van der Waals surface area contributed by atoms with Gasteiger partial charge in [0.1, 0.15) is 0 Å². The molecule has 0 saturated heterocycles. The van der Waals surface area contributed by atoms with Gasteiger partial charge in [-0.15, -0.1) is 0 Å². The van der Waals surface area contributed by atoms with Gasteiger partial charge in [-0.25, -0.2) is 0 Å². The molecule has 0 aliphatic rings. The Morgan fingerprint density at radius 1 is 0.826 bits per heavy atom. The summed E-state index contributed by atoms with van der Waals surface area (Å²) in [5.41, 5.74) is 6.69. The van der Waals surface area contributed by atoms with E-state index >= 15 is 0 Å². The van der Waals surface area contributed by atoms with E-state index in [9.17, 15) is 4.79 Å². The molecule has 2 aromatic rings. The molecule has 0 aliphatic heterocycles. The zero-order valence-corrected chi connectivity index (χ0v) is 18.9. The number of rotatable bonds is 4. The fourth-order valence-corrected chi connectivity index (χ4v) is 2.06. The van der Waals surface area contributed by atoms with E-state index in [0.717, 1.165) is 11.1 Å². The third-order valence-electron chi connectivity index (χ3n) is 2.69. The van der Waals surface area contributed by atoms with Crippen LogP contribution in [-0.2, 0) is 32.6 Å². The first kappa shape index (κ1) is 22.0. The van der Waals surface area contributed by atoms with E-state index in [0.29, 0.717) is 13.1 Å². The van der Waals surface area contributed by atoms with Crippen LogP contribution in [-0.4, -0.2) is 46.5 Å². The van der Waals surface area contributed by atoms with Crippen LogP contribution in [0, 0.1) is 0 Å². The van der Waals surface area contributed by atoms with Crippen molar-refractivity contribution in [2.45, 2.75) is 13.1 Å². The molecule has 0 saturated carbocycles. The Morgan fingerprint density at radius 3 is 1.39 bits per heavy atom. The predicted molar refractivity (Wildman–Crippen MR) is 88.6 cm³/mol. The van der Waals surface area contributed by atoms with Crippen molar-refractivity contribution in [2.24, 2.45) is 5.73 Å². The zero-order chi connectivity index (χ0) is 16.4. The molecular formula is C16H16N2O2Se2Zn. The number of nitrogens with two attached hydrogens (primary N) is 1. The van der Waals surface area contributed by atoms with Gasteiger partial charge in [0.2, 0.25) is 0 Å². The Balaban J connectivity index is 0.000000871. The molecule has 2 rings (SSSR count). The van der Waals surface area contributed by atoms with Gasteiger partial charge in [-0.2, -0.15) is 0 Å². The molecule has 4 nitrogen and oxygen atoms in total. The second kappa shape index (κ2) is 12.5. The smallest absolute Gasteiger partial charge is 2.00 e. The van der Waals surface area contributed by atoms with Crippen LogP contribution < -0.4 is 5.73 Å². The Bertz CT molecular complexity index is 552. The molecule has 7 heteroatoms. The third kappa shape index (κ3) is 10.4. The van der Waals surface area contributed by atoms with Gasteiger partial charge in [0.15, 0.2) is 0 Å². The second-order valence-corrected chi connectivity index (χ2v) is 5.99. The van der Waals surface area contributed by atoms with Crippen LogP contribution in [0.4, 0.5) is 9.59 Å². The van der Waals surface area contributed by atoms with Crippen LogP contribution in [0.2, 0.25) is 0 Å². The molecule has 2 N–H and O–H groups in total. The first-order valence-electron chi connectivity index (χ1n) is 6.49. The molecule has 0 aromatic heterocycles. The SMILES string of the molecule is NC(=O)[Se-].O=C([Se-])N(Cc1ccccc1)Cc1ccccc1.[Zn+2]. The summed E-state index contributed by atoms with van der Waals surface area (Å²) >= 11 is 4.61. The number of carbonyl (C=O) groups is 2. The second-order valence-electron chi connectivity index (χ2n) is 4.41. The normalized spacial score (nSPS) is 8.87. The summed E-state index contributed by atoms with van der Waals surface area (Å²) in [5, 5.41) is 0. The average molecular weight is 492 g/mol. The fraction of sp³-hybridized carbons (Fsp3) is 0.125. The molecule has 0 bridgehead atoms. The Labute approximate surface area is 165 Å². The molecule has 0 unspecified atom stereocenters. The first-order valence-corrected chi connectivity index (χ1v) is 8.20. The van der Waals surface area contributed by atoms with Crippen molar-refractivity contribution in [3.8, 4) is 0 Å². The van der Waals surface area contributed by atoms with Gasteiger partial charge in [0, 0.05) is 0 Å². The summed E-state index contributed by atoms with van der Waals surface area (Å²) in [7, 11) is 0. The number of hydrogen-bond donors (Lipinski definition) is 1. The van der Waals surface area contributed by atoms with E-state index in [4.69, 9.17) is 4.79 Å². The molecule has 0 radical (unpaired) electrons. The predicted octanol–water partition coefficient (Wildman–Crippen LogP) is 2.21. The molecule has 116 valence electrons. The number of amides is 2. The van der Waals surface area contributed by atoms with Gasteiger partial charge < -0.3 is 0 Å². The van der Waals surface area contributed by atoms with Gasteiger partial charge in [-0.1, -0.05) is 0 Å². The number of benzene rings is 2. The summed E-state index contributed by atoms with van der Waals surface area (Å²) in [5.74, 6) is 0. The van der Waals surface area contributed by atoms with Crippen LogP contribution in [0.15, 0.2) is 60.7 Å². The topological polar surface area (TPSA) is 63.4 Å². The molecule has 2 aromatic carbocycles. The van der Waals surface area contributed by atoms with Crippen LogP contribution in [0.1, 0.15) is 11.1 Å². The molecule has 0 atom stereocenters. The zero-order valence-electron chi connectivity index (χ0n) is 12.6. The number of hydrogen-bond acceptors (Lipinski definition) is 2. The molecule has 0 spiro atoms. The van der Waals surface area contributed by atoms with Gasteiger partial charge in [-0.3, -0.25) is 0 Å². The van der Waals surface area contributed by atoms with E-state index in [1.54, 1.807) is 4.90 Å². The minimum absolute atomic E-state index is 0. The van der Waals surface area contributed by atoms with Gasteiger partial charge >= 0.3 is 166 Å². The maximum Gasteiger partial charge on any atom is 2.00 e. The monoisotopic (exact) mass is 492 g/mol. The third-order valence-corrected chi connectivity index (χ3v) is 3.23. The minimum Gasteiger partial charge on any atom is 2.00 e. The van der Waals surface area contributed by atoms with Crippen molar-refractivity contribution in [3.05, 3.63) is 71.8 Å². The van der Waals surface area contributed by atoms with Gasteiger partial charge in [0.05, 0.1) is 0 Å². The Kier molecular flexibility index (Phi) is 11.9. The summed E-state index contributed by atoms with van der Waals surface area (Å²) in [6.07, 6.45) is 0. The van der Waals surface area contributed by atoms with E-state index in [1.165, 1.54) is 0 Å². The standard InChI is InChI=1S/C15H15NOSe.CH3NOSe.Zn/c17-15(18)16(11-13-7-3-1-4-8-13)12-14-9-5-2-6-10-14;2-1(3)4;/h1-10H,11-12H2,(H,17,18);(H3,2,3,4);/q;;+2/p-2. The molecule has 23 heavy (non-hydrogen) atoms. The summed E-state index contributed by atoms with van der Waals surface area (Å²) in [4.78, 5) is 22.1. The molecule has 0 heterocycles. The maximum atomic E-state index is 11.6. The fourth-order valence-electron chi connectivity index (χ4n) is 1.79. The quantitative estimate of drug-likeness (QED) is 0.667. The van der Waals surface area contributed by atoms with E-state index in [2.05, 4.69) is 21.7 Å². The van der Waals surface area contributed by atoms with Crippen LogP contribution in [0.25, 0.3) is 0 Å². The molecule has 0 fully saturated rings. The van der Waals surface area contributed by atoms with Gasteiger partial charge in [-0.05, 0) is 0 Å². The molecule has 2 amide bonds. The largest absolute Gasteiger partial charge is 2.00 e. The van der Waals surface area contributed by atoms with E-state index in [1.807, 2.05) is 76.7 Å². The number of carbonyl (C=O) groups excluding carboxylic acids is 2. The van der Waals surface area contributed by atoms with Gasteiger partial charge in [0.25, 0.3) is 0 Å².